The summed E-state index contributed by atoms with van der Waals surface area (Å²) in [5.41, 5.74) is 0. The van der Waals surface area contributed by atoms with E-state index in [4.69, 9.17) is 11.9 Å². The predicted octanol–water partition coefficient (Wildman–Crippen LogP) is 2.90. The third-order valence-electron chi connectivity index (χ3n) is 1.81. The van der Waals surface area contributed by atoms with Gasteiger partial charge in [-0.3, -0.25) is 4.79 Å². The molecule has 0 saturated heterocycles. The van der Waals surface area contributed by atoms with Crippen LogP contribution < -0.4 is 0 Å². The van der Waals surface area contributed by atoms with Crippen molar-refractivity contribution in [1.29, 1.82) is 0 Å². The maximum absolute atomic E-state index is 10.9. The topological polar surface area (TPSA) is 26.3 Å². The molecule has 2 nitrogen and oxygen atoms in total. The summed E-state index contributed by atoms with van der Waals surface area (Å²) in [6.45, 7) is 4.06. The van der Waals surface area contributed by atoms with Crippen LogP contribution in [0.4, 0.5) is 0 Å². The van der Waals surface area contributed by atoms with Gasteiger partial charge in [-0.25, -0.2) is 0 Å². The summed E-state index contributed by atoms with van der Waals surface area (Å²) < 4.78 is 4.13. The number of rotatable bonds is 5. The Morgan fingerprint density at radius 1 is 1.55 bits per heavy atom. The van der Waals surface area contributed by atoms with Gasteiger partial charge in [-0.15, -0.1) is 0 Å². The molecule has 0 aliphatic carbocycles. The lowest BCUT2D eigenvalue weighted by Crippen LogP contribution is -2.13. The van der Waals surface area contributed by atoms with Crippen LogP contribution in [0.25, 0.3) is 0 Å². The molecule has 0 aliphatic heterocycles. The summed E-state index contributed by atoms with van der Waals surface area (Å²) in [7, 11) is 0. The number of hydrogen-bond donors (Lipinski definition) is 0. The van der Waals surface area contributed by atoms with E-state index in [1.165, 1.54) is 0 Å². The van der Waals surface area contributed by atoms with E-state index in [2.05, 4.69) is 11.2 Å². The molecular formula is C8H15ClO2. The zero-order chi connectivity index (χ0) is 8.69. The lowest BCUT2D eigenvalue weighted by atomic mass is 10.00. The standard InChI is InChI=1S/C8H15ClO2/c1-3-5-6-7(4-2)8(10)11-9/h7H,3-6H2,1-2H3. The number of carbonyl (C=O) groups is 1. The van der Waals surface area contributed by atoms with Crippen LogP contribution in [0, 0.1) is 5.92 Å². The molecule has 3 heteroatoms. The highest BCUT2D eigenvalue weighted by Crippen LogP contribution is 2.14. The number of halogens is 1. The Morgan fingerprint density at radius 2 is 2.18 bits per heavy atom. The van der Waals surface area contributed by atoms with Crippen LogP contribution in [0.15, 0.2) is 0 Å². The van der Waals surface area contributed by atoms with Gasteiger partial charge < -0.3 is 4.29 Å². The van der Waals surface area contributed by atoms with Crippen molar-refractivity contribution < 1.29 is 9.08 Å². The van der Waals surface area contributed by atoms with Crippen LogP contribution in [0.2, 0.25) is 0 Å². The lowest BCUT2D eigenvalue weighted by molar-refractivity contribution is -0.138. The average Bonchev–Trinajstić information content (AvgIpc) is 2.05. The van der Waals surface area contributed by atoms with Crippen LogP contribution in [-0.4, -0.2) is 5.97 Å². The summed E-state index contributed by atoms with van der Waals surface area (Å²) in [4.78, 5) is 10.9. The lowest BCUT2D eigenvalue weighted by Gasteiger charge is -2.08. The summed E-state index contributed by atoms with van der Waals surface area (Å²) in [6, 6.07) is 0. The highest BCUT2D eigenvalue weighted by atomic mass is 35.5. The van der Waals surface area contributed by atoms with Crippen molar-refractivity contribution in [3.63, 3.8) is 0 Å². The normalized spacial score (nSPS) is 12.6. The molecule has 0 aromatic carbocycles. The van der Waals surface area contributed by atoms with Crippen LogP contribution in [0.1, 0.15) is 39.5 Å². The van der Waals surface area contributed by atoms with E-state index in [1.807, 2.05) is 6.92 Å². The van der Waals surface area contributed by atoms with Gasteiger partial charge >= 0.3 is 5.97 Å². The summed E-state index contributed by atoms with van der Waals surface area (Å²) in [5.74, 6) is -0.296. The summed E-state index contributed by atoms with van der Waals surface area (Å²) >= 11 is 4.95. The molecular weight excluding hydrogens is 164 g/mol. The third-order valence-corrected chi connectivity index (χ3v) is 1.96. The fraction of sp³-hybridized carbons (Fsp3) is 0.875. The van der Waals surface area contributed by atoms with Crippen molar-refractivity contribution >= 4 is 17.8 Å². The fourth-order valence-electron chi connectivity index (χ4n) is 1.00. The molecule has 0 radical (unpaired) electrons. The Bertz CT molecular complexity index is 115. The van der Waals surface area contributed by atoms with Crippen molar-refractivity contribution in [2.24, 2.45) is 5.92 Å². The van der Waals surface area contributed by atoms with E-state index < -0.39 is 0 Å². The molecule has 0 spiro atoms. The highest BCUT2D eigenvalue weighted by Gasteiger charge is 2.16. The molecule has 0 fully saturated rings. The second kappa shape index (κ2) is 6.47. The van der Waals surface area contributed by atoms with Gasteiger partial charge in [0.1, 0.15) is 11.9 Å². The van der Waals surface area contributed by atoms with Gasteiger partial charge in [0.25, 0.3) is 0 Å². The first-order valence-corrected chi connectivity index (χ1v) is 4.39. The summed E-state index contributed by atoms with van der Waals surface area (Å²) in [6.07, 6.45) is 3.86. The molecule has 0 rings (SSSR count). The van der Waals surface area contributed by atoms with E-state index in [0.717, 1.165) is 25.7 Å². The Kier molecular flexibility index (Phi) is 6.33. The molecule has 1 unspecified atom stereocenters. The zero-order valence-corrected chi connectivity index (χ0v) is 7.86. The monoisotopic (exact) mass is 178 g/mol. The zero-order valence-electron chi connectivity index (χ0n) is 7.10. The van der Waals surface area contributed by atoms with Gasteiger partial charge in [-0.05, 0) is 12.8 Å². The average molecular weight is 179 g/mol. The van der Waals surface area contributed by atoms with E-state index in [9.17, 15) is 4.79 Å². The maximum Gasteiger partial charge on any atom is 0.327 e. The van der Waals surface area contributed by atoms with Gasteiger partial charge in [0.05, 0.1) is 5.92 Å². The molecule has 0 heterocycles. The molecule has 66 valence electrons. The van der Waals surface area contributed by atoms with Gasteiger partial charge in [0, 0.05) is 0 Å². The Hall–Kier alpha value is -0.240. The van der Waals surface area contributed by atoms with Crippen LogP contribution in [-0.2, 0) is 9.08 Å². The molecule has 0 aromatic rings. The van der Waals surface area contributed by atoms with Gasteiger partial charge in [-0.1, -0.05) is 26.7 Å². The van der Waals surface area contributed by atoms with Gasteiger partial charge in [0.2, 0.25) is 0 Å². The predicted molar refractivity (Wildman–Crippen MR) is 45.3 cm³/mol. The Labute approximate surface area is 73.0 Å². The Balaban J connectivity index is 3.65. The molecule has 1 atom stereocenters. The minimum atomic E-state index is -0.289. The SMILES string of the molecule is CCCCC(CC)C(=O)OCl. The molecule has 0 N–H and O–H groups in total. The fourth-order valence-corrected chi connectivity index (χ4v) is 1.13. The van der Waals surface area contributed by atoms with Crippen molar-refractivity contribution in [1.82, 2.24) is 0 Å². The molecule has 0 saturated carbocycles. The van der Waals surface area contributed by atoms with Gasteiger partial charge in [-0.2, -0.15) is 0 Å². The largest absolute Gasteiger partial charge is 0.347 e. The number of hydrogen-bond acceptors (Lipinski definition) is 2. The number of unbranched alkanes of at least 4 members (excludes halogenated alkanes) is 1. The quantitative estimate of drug-likeness (QED) is 0.647. The Morgan fingerprint density at radius 3 is 2.55 bits per heavy atom. The first kappa shape index (κ1) is 10.8. The second-order valence-corrected chi connectivity index (χ2v) is 2.80. The van der Waals surface area contributed by atoms with E-state index >= 15 is 0 Å². The van der Waals surface area contributed by atoms with E-state index in [-0.39, 0.29) is 11.9 Å². The molecule has 0 aromatic heterocycles. The number of carbonyl (C=O) groups excluding carboxylic acids is 1. The van der Waals surface area contributed by atoms with E-state index in [0.29, 0.717) is 0 Å². The molecule has 0 amide bonds. The van der Waals surface area contributed by atoms with Crippen molar-refractivity contribution in [2.45, 2.75) is 39.5 Å². The first-order chi connectivity index (χ1) is 5.26. The maximum atomic E-state index is 10.9. The van der Waals surface area contributed by atoms with E-state index in [1.54, 1.807) is 0 Å². The summed E-state index contributed by atoms with van der Waals surface area (Å²) in [5, 5.41) is 0. The van der Waals surface area contributed by atoms with Crippen molar-refractivity contribution in [2.75, 3.05) is 0 Å². The van der Waals surface area contributed by atoms with Crippen LogP contribution in [0.3, 0.4) is 0 Å². The smallest absolute Gasteiger partial charge is 0.327 e. The molecule has 0 bridgehead atoms. The van der Waals surface area contributed by atoms with Crippen molar-refractivity contribution in [3.05, 3.63) is 0 Å². The minimum Gasteiger partial charge on any atom is -0.347 e. The van der Waals surface area contributed by atoms with Crippen molar-refractivity contribution in [3.8, 4) is 0 Å². The second-order valence-electron chi connectivity index (χ2n) is 2.64. The highest BCUT2D eigenvalue weighted by molar-refractivity contribution is 6.13. The minimum absolute atomic E-state index is 0.00699. The molecule has 0 aliphatic rings. The molecule has 11 heavy (non-hydrogen) atoms. The third kappa shape index (κ3) is 4.25. The van der Waals surface area contributed by atoms with Crippen LogP contribution in [0.5, 0.6) is 0 Å². The first-order valence-electron chi connectivity index (χ1n) is 4.08. The van der Waals surface area contributed by atoms with Gasteiger partial charge in [0.15, 0.2) is 0 Å². The van der Waals surface area contributed by atoms with Crippen LogP contribution >= 0.6 is 11.9 Å².